The zero-order valence-corrected chi connectivity index (χ0v) is 11.9. The molecule has 3 rings (SSSR count). The lowest BCUT2D eigenvalue weighted by atomic mass is 10.1. The molecule has 0 spiro atoms. The Labute approximate surface area is 130 Å². The van der Waals surface area contributed by atoms with Gasteiger partial charge in [-0.1, -0.05) is 30.3 Å². The third-order valence-corrected chi connectivity index (χ3v) is 3.16. The first-order chi connectivity index (χ1) is 11.1. The number of benzene rings is 2. The van der Waals surface area contributed by atoms with Gasteiger partial charge in [0.1, 0.15) is 17.3 Å². The maximum Gasteiger partial charge on any atom is 0.274 e. The van der Waals surface area contributed by atoms with Gasteiger partial charge >= 0.3 is 0 Å². The number of halogens is 2. The van der Waals surface area contributed by atoms with E-state index < -0.39 is 17.2 Å². The number of H-pyrrole nitrogens is 1. The Balaban J connectivity index is 1.80. The minimum absolute atomic E-state index is 0.00726. The van der Waals surface area contributed by atoms with Crippen molar-refractivity contribution in [2.45, 2.75) is 6.42 Å². The highest BCUT2D eigenvalue weighted by molar-refractivity contribution is 5.53. The smallest absolute Gasteiger partial charge is 0.274 e. The van der Waals surface area contributed by atoms with E-state index in [1.54, 1.807) is 0 Å². The van der Waals surface area contributed by atoms with E-state index in [0.717, 1.165) is 17.7 Å². The Morgan fingerprint density at radius 3 is 2.52 bits per heavy atom. The van der Waals surface area contributed by atoms with Crippen molar-refractivity contribution >= 4 is 11.6 Å². The van der Waals surface area contributed by atoms with Crippen molar-refractivity contribution in [3.8, 4) is 0 Å². The summed E-state index contributed by atoms with van der Waals surface area (Å²) in [6.45, 7) is 0. The van der Waals surface area contributed by atoms with Gasteiger partial charge in [-0.15, -0.1) is 10.2 Å². The Bertz CT molecular complexity index is 881. The van der Waals surface area contributed by atoms with Crippen LogP contribution >= 0.6 is 0 Å². The molecule has 0 aliphatic heterocycles. The summed E-state index contributed by atoms with van der Waals surface area (Å²) in [7, 11) is 0. The summed E-state index contributed by atoms with van der Waals surface area (Å²) in [6, 6.07) is 12.4. The van der Waals surface area contributed by atoms with E-state index in [1.807, 2.05) is 30.3 Å². The molecule has 0 saturated carbocycles. The minimum atomic E-state index is -0.791. The van der Waals surface area contributed by atoms with Crippen LogP contribution in [0.5, 0.6) is 0 Å². The summed E-state index contributed by atoms with van der Waals surface area (Å²) in [5, 5.41) is 10.2. The summed E-state index contributed by atoms with van der Waals surface area (Å²) < 4.78 is 26.4. The summed E-state index contributed by atoms with van der Waals surface area (Å²) in [4.78, 5) is 14.5. The van der Waals surface area contributed by atoms with Gasteiger partial charge in [0.2, 0.25) is 5.95 Å². The third kappa shape index (κ3) is 3.57. The molecule has 1 heterocycles. The second-order valence-electron chi connectivity index (χ2n) is 4.86. The molecule has 2 aromatic carbocycles. The van der Waals surface area contributed by atoms with Crippen LogP contribution in [-0.4, -0.2) is 15.2 Å². The predicted octanol–water partition coefficient (Wildman–Crippen LogP) is 2.78. The molecule has 23 heavy (non-hydrogen) atoms. The zero-order valence-electron chi connectivity index (χ0n) is 11.9. The first-order valence-electron chi connectivity index (χ1n) is 6.84. The van der Waals surface area contributed by atoms with Crippen LogP contribution in [0.4, 0.5) is 20.4 Å². The fourth-order valence-electron chi connectivity index (χ4n) is 2.04. The van der Waals surface area contributed by atoms with Crippen LogP contribution in [0.25, 0.3) is 0 Å². The molecule has 0 fully saturated rings. The highest BCUT2D eigenvalue weighted by atomic mass is 19.1. The van der Waals surface area contributed by atoms with Crippen molar-refractivity contribution in [2.24, 2.45) is 0 Å². The first-order valence-corrected chi connectivity index (χ1v) is 6.84. The van der Waals surface area contributed by atoms with Crippen LogP contribution < -0.4 is 10.9 Å². The van der Waals surface area contributed by atoms with E-state index in [-0.39, 0.29) is 17.3 Å². The lowest BCUT2D eigenvalue weighted by Crippen LogP contribution is -2.19. The van der Waals surface area contributed by atoms with Gasteiger partial charge in [-0.3, -0.25) is 9.78 Å². The standard InChI is InChI=1S/C16H12F2N4O/c17-11-6-7-13(12(18)9-11)19-16-20-15(23)14(21-22-16)8-10-4-2-1-3-5-10/h1-7,9H,8H2,(H2,19,20,22,23). The maximum absolute atomic E-state index is 13.6. The molecule has 0 aliphatic rings. The third-order valence-electron chi connectivity index (χ3n) is 3.16. The quantitative estimate of drug-likeness (QED) is 0.777. The van der Waals surface area contributed by atoms with E-state index in [2.05, 4.69) is 20.5 Å². The van der Waals surface area contributed by atoms with Gasteiger partial charge in [0, 0.05) is 12.5 Å². The van der Waals surface area contributed by atoms with Crippen molar-refractivity contribution < 1.29 is 8.78 Å². The van der Waals surface area contributed by atoms with Crippen LogP contribution in [0.1, 0.15) is 11.3 Å². The van der Waals surface area contributed by atoms with Crippen LogP contribution in [0.2, 0.25) is 0 Å². The normalized spacial score (nSPS) is 10.5. The van der Waals surface area contributed by atoms with Crippen LogP contribution in [0, 0.1) is 11.6 Å². The molecule has 5 nitrogen and oxygen atoms in total. The largest absolute Gasteiger partial charge is 0.322 e. The predicted molar refractivity (Wildman–Crippen MR) is 81.5 cm³/mol. The summed E-state index contributed by atoms with van der Waals surface area (Å²) in [5.41, 5.74) is 0.750. The van der Waals surface area contributed by atoms with E-state index >= 15 is 0 Å². The second-order valence-corrected chi connectivity index (χ2v) is 4.86. The van der Waals surface area contributed by atoms with Gasteiger partial charge in [-0.05, 0) is 17.7 Å². The van der Waals surface area contributed by atoms with Crippen molar-refractivity contribution in [3.05, 3.63) is 81.8 Å². The van der Waals surface area contributed by atoms with Gasteiger partial charge in [0.15, 0.2) is 0 Å². The molecule has 7 heteroatoms. The molecular formula is C16H12F2N4O. The Morgan fingerprint density at radius 1 is 1.04 bits per heavy atom. The maximum atomic E-state index is 13.6. The Hall–Kier alpha value is -3.09. The fourth-order valence-corrected chi connectivity index (χ4v) is 2.04. The van der Waals surface area contributed by atoms with Crippen LogP contribution in [-0.2, 0) is 6.42 Å². The van der Waals surface area contributed by atoms with Crippen molar-refractivity contribution in [1.29, 1.82) is 0 Å². The number of aromatic amines is 1. The Morgan fingerprint density at radius 2 is 1.83 bits per heavy atom. The number of hydrogen-bond acceptors (Lipinski definition) is 4. The Kier molecular flexibility index (Phi) is 4.09. The van der Waals surface area contributed by atoms with Gasteiger partial charge in [-0.2, -0.15) is 0 Å². The fraction of sp³-hybridized carbons (Fsp3) is 0.0625. The molecule has 116 valence electrons. The van der Waals surface area contributed by atoms with Gasteiger partial charge in [0.05, 0.1) is 5.69 Å². The van der Waals surface area contributed by atoms with E-state index in [9.17, 15) is 13.6 Å². The summed E-state index contributed by atoms with van der Waals surface area (Å²) >= 11 is 0. The number of aromatic nitrogens is 3. The number of nitrogens with one attached hydrogen (secondary N) is 2. The van der Waals surface area contributed by atoms with E-state index in [1.165, 1.54) is 6.07 Å². The molecule has 0 atom stereocenters. The average molecular weight is 314 g/mol. The van der Waals surface area contributed by atoms with E-state index in [4.69, 9.17) is 0 Å². The van der Waals surface area contributed by atoms with Crippen LogP contribution in [0.3, 0.4) is 0 Å². The minimum Gasteiger partial charge on any atom is -0.322 e. The highest BCUT2D eigenvalue weighted by Gasteiger charge is 2.08. The second kappa shape index (κ2) is 6.35. The number of hydrogen-bond donors (Lipinski definition) is 2. The van der Waals surface area contributed by atoms with Gasteiger partial charge in [-0.25, -0.2) is 8.78 Å². The van der Waals surface area contributed by atoms with Crippen LogP contribution in [0.15, 0.2) is 53.3 Å². The monoisotopic (exact) mass is 314 g/mol. The molecule has 0 unspecified atom stereocenters. The van der Waals surface area contributed by atoms with Crippen molar-refractivity contribution in [2.75, 3.05) is 5.32 Å². The highest BCUT2D eigenvalue weighted by Crippen LogP contribution is 2.17. The molecule has 0 bridgehead atoms. The van der Waals surface area contributed by atoms with Crippen molar-refractivity contribution in [1.82, 2.24) is 15.2 Å². The average Bonchev–Trinajstić information content (AvgIpc) is 2.54. The van der Waals surface area contributed by atoms with E-state index in [0.29, 0.717) is 6.42 Å². The molecule has 0 radical (unpaired) electrons. The molecule has 0 amide bonds. The molecule has 1 aromatic heterocycles. The molecule has 0 aliphatic carbocycles. The first kappa shape index (κ1) is 14.8. The SMILES string of the molecule is O=c1[nH]c(Nc2ccc(F)cc2F)nnc1Cc1ccccc1. The van der Waals surface area contributed by atoms with Gasteiger partial charge < -0.3 is 5.32 Å². The topological polar surface area (TPSA) is 70.7 Å². The number of rotatable bonds is 4. The number of nitrogens with zero attached hydrogens (tertiary/aromatic N) is 2. The lowest BCUT2D eigenvalue weighted by Gasteiger charge is -2.06. The lowest BCUT2D eigenvalue weighted by molar-refractivity contribution is 0.586. The molecular weight excluding hydrogens is 302 g/mol. The number of anilines is 2. The molecule has 2 N–H and O–H groups in total. The van der Waals surface area contributed by atoms with Crippen molar-refractivity contribution in [3.63, 3.8) is 0 Å². The summed E-state index contributed by atoms with van der Waals surface area (Å²) in [6.07, 6.45) is 0.342. The van der Waals surface area contributed by atoms with Gasteiger partial charge in [0.25, 0.3) is 5.56 Å². The summed E-state index contributed by atoms with van der Waals surface area (Å²) in [5.74, 6) is -1.50. The molecule has 0 saturated heterocycles. The molecule has 3 aromatic rings. The zero-order chi connectivity index (χ0) is 16.2.